The Balaban J connectivity index is 1.67. The molecule has 0 amide bonds. The van der Waals surface area contributed by atoms with Gasteiger partial charge in [-0.25, -0.2) is 0 Å². The maximum atomic E-state index is 5.94. The molecule has 1 aliphatic rings. The van der Waals surface area contributed by atoms with E-state index < -0.39 is 0 Å². The van der Waals surface area contributed by atoms with E-state index in [4.69, 9.17) is 9.47 Å². The lowest BCUT2D eigenvalue weighted by atomic mass is 10.2. The zero-order valence-electron chi connectivity index (χ0n) is 15.4. The van der Waals surface area contributed by atoms with E-state index in [0.717, 1.165) is 37.4 Å². The Hall–Kier alpha value is -1.75. The Morgan fingerprint density at radius 3 is 2.88 bits per heavy atom. The van der Waals surface area contributed by atoms with Crippen molar-refractivity contribution in [1.29, 1.82) is 0 Å². The zero-order chi connectivity index (χ0) is 17.4. The Bertz CT molecular complexity index is 529. The van der Waals surface area contributed by atoms with Crippen LogP contribution in [0.3, 0.4) is 0 Å². The molecule has 0 radical (unpaired) electrons. The van der Waals surface area contributed by atoms with Gasteiger partial charge in [0.05, 0.1) is 13.2 Å². The largest absolute Gasteiger partial charge is 0.489 e. The van der Waals surface area contributed by atoms with Gasteiger partial charge >= 0.3 is 0 Å². The van der Waals surface area contributed by atoms with E-state index in [1.54, 1.807) is 7.05 Å². The van der Waals surface area contributed by atoms with Gasteiger partial charge in [-0.3, -0.25) is 4.99 Å². The third-order valence-corrected chi connectivity index (χ3v) is 4.07. The molecule has 2 rings (SSSR count). The van der Waals surface area contributed by atoms with E-state index in [9.17, 15) is 0 Å². The quantitative estimate of drug-likeness (QED) is 0.429. The fourth-order valence-electron chi connectivity index (χ4n) is 2.42. The Labute approximate surface area is 146 Å². The number of guanidine groups is 1. The minimum atomic E-state index is 0.0584. The van der Waals surface area contributed by atoms with E-state index in [0.29, 0.717) is 6.54 Å². The van der Waals surface area contributed by atoms with Crippen LogP contribution in [-0.4, -0.2) is 57.4 Å². The summed E-state index contributed by atoms with van der Waals surface area (Å²) in [6.07, 6.45) is 2.72. The molecule has 1 aromatic carbocycles. The molecule has 0 saturated heterocycles. The summed E-state index contributed by atoms with van der Waals surface area (Å²) in [7, 11) is 3.83. The van der Waals surface area contributed by atoms with Gasteiger partial charge < -0.3 is 19.7 Å². The predicted molar refractivity (Wildman–Crippen MR) is 98.8 cm³/mol. The van der Waals surface area contributed by atoms with Gasteiger partial charge in [0.2, 0.25) is 0 Å². The number of nitrogens with zero attached hydrogens (tertiary/aromatic N) is 2. The lowest BCUT2D eigenvalue weighted by Gasteiger charge is -2.24. The van der Waals surface area contributed by atoms with Crippen molar-refractivity contribution in [2.45, 2.75) is 32.8 Å². The predicted octanol–water partition coefficient (Wildman–Crippen LogP) is 2.70. The lowest BCUT2D eigenvalue weighted by Crippen LogP contribution is -2.44. The fourth-order valence-corrected chi connectivity index (χ4v) is 2.42. The highest BCUT2D eigenvalue weighted by atomic mass is 16.5. The molecule has 24 heavy (non-hydrogen) atoms. The summed E-state index contributed by atoms with van der Waals surface area (Å²) in [4.78, 5) is 6.42. The third-order valence-electron chi connectivity index (χ3n) is 4.07. The van der Waals surface area contributed by atoms with Crippen molar-refractivity contribution in [3.63, 3.8) is 0 Å². The molecule has 0 spiro atoms. The first-order chi connectivity index (χ1) is 11.6. The topological polar surface area (TPSA) is 46.1 Å². The highest BCUT2D eigenvalue weighted by molar-refractivity contribution is 5.79. The van der Waals surface area contributed by atoms with Crippen molar-refractivity contribution in [2.24, 2.45) is 10.9 Å². The van der Waals surface area contributed by atoms with Gasteiger partial charge in [-0.15, -0.1) is 0 Å². The van der Waals surface area contributed by atoms with Crippen LogP contribution < -0.4 is 10.1 Å². The van der Waals surface area contributed by atoms with Crippen LogP contribution in [0.2, 0.25) is 0 Å². The van der Waals surface area contributed by atoms with Crippen LogP contribution in [0.25, 0.3) is 0 Å². The lowest BCUT2D eigenvalue weighted by molar-refractivity contribution is 0.115. The Morgan fingerprint density at radius 2 is 2.21 bits per heavy atom. The van der Waals surface area contributed by atoms with Crippen molar-refractivity contribution in [3.8, 4) is 5.75 Å². The number of aliphatic imine (C=N–C) groups is 1. The molecule has 5 nitrogen and oxygen atoms in total. The van der Waals surface area contributed by atoms with Crippen LogP contribution in [0.1, 0.15) is 25.3 Å². The molecule has 0 aromatic heterocycles. The summed E-state index contributed by atoms with van der Waals surface area (Å²) < 4.78 is 11.6. The highest BCUT2D eigenvalue weighted by Crippen LogP contribution is 2.28. The first kappa shape index (κ1) is 18.6. The molecule has 1 atom stereocenters. The van der Waals surface area contributed by atoms with Gasteiger partial charge in [0, 0.05) is 27.2 Å². The van der Waals surface area contributed by atoms with Crippen LogP contribution in [0.15, 0.2) is 29.3 Å². The second kappa shape index (κ2) is 9.52. The molecule has 0 aliphatic heterocycles. The van der Waals surface area contributed by atoms with Gasteiger partial charge in [0.25, 0.3) is 0 Å². The fraction of sp³-hybridized carbons (Fsp3) is 0.632. The van der Waals surface area contributed by atoms with E-state index in [-0.39, 0.29) is 6.10 Å². The van der Waals surface area contributed by atoms with E-state index in [1.807, 2.05) is 19.2 Å². The van der Waals surface area contributed by atoms with Gasteiger partial charge in [-0.05, 0) is 50.3 Å². The number of hydrogen-bond donors (Lipinski definition) is 1. The molecule has 1 saturated carbocycles. The smallest absolute Gasteiger partial charge is 0.193 e. The minimum absolute atomic E-state index is 0.0584. The standard InChI is InChI=1S/C19H31N3O2/c1-15-6-5-7-18(12-15)24-16(2)13-21-19(20-3)22(4)10-11-23-14-17-8-9-17/h5-7,12,16-17H,8-11,13-14H2,1-4H3,(H,20,21). The van der Waals surface area contributed by atoms with Crippen LogP contribution in [-0.2, 0) is 4.74 Å². The average molecular weight is 333 g/mol. The van der Waals surface area contributed by atoms with Crippen molar-refractivity contribution in [1.82, 2.24) is 10.2 Å². The van der Waals surface area contributed by atoms with Crippen molar-refractivity contribution in [2.75, 3.05) is 40.4 Å². The summed E-state index contributed by atoms with van der Waals surface area (Å²) in [5, 5.41) is 3.36. The van der Waals surface area contributed by atoms with E-state index in [2.05, 4.69) is 41.2 Å². The summed E-state index contributed by atoms with van der Waals surface area (Å²) in [5.41, 5.74) is 1.20. The van der Waals surface area contributed by atoms with Crippen LogP contribution in [0.4, 0.5) is 0 Å². The SMILES string of the molecule is CN=C(NCC(C)Oc1cccc(C)c1)N(C)CCOCC1CC1. The van der Waals surface area contributed by atoms with E-state index in [1.165, 1.54) is 18.4 Å². The molecule has 0 bridgehead atoms. The molecule has 1 N–H and O–H groups in total. The number of aryl methyl sites for hydroxylation is 1. The molecule has 5 heteroatoms. The second-order valence-electron chi connectivity index (χ2n) is 6.61. The molecule has 1 aromatic rings. The van der Waals surface area contributed by atoms with E-state index >= 15 is 0 Å². The monoisotopic (exact) mass is 333 g/mol. The number of benzene rings is 1. The van der Waals surface area contributed by atoms with Crippen molar-refractivity contribution in [3.05, 3.63) is 29.8 Å². The normalized spacial score (nSPS) is 15.9. The Kier molecular flexibility index (Phi) is 7.37. The third kappa shape index (κ3) is 6.79. The average Bonchev–Trinajstić information content (AvgIpc) is 3.36. The van der Waals surface area contributed by atoms with Crippen LogP contribution in [0.5, 0.6) is 5.75 Å². The number of nitrogens with one attached hydrogen (secondary N) is 1. The summed E-state index contributed by atoms with van der Waals surface area (Å²) in [6.45, 7) is 7.30. The molecular weight excluding hydrogens is 302 g/mol. The zero-order valence-corrected chi connectivity index (χ0v) is 15.4. The molecule has 1 fully saturated rings. The van der Waals surface area contributed by atoms with Gasteiger partial charge in [-0.2, -0.15) is 0 Å². The summed E-state index contributed by atoms with van der Waals surface area (Å²) >= 11 is 0. The first-order valence-electron chi connectivity index (χ1n) is 8.81. The second-order valence-corrected chi connectivity index (χ2v) is 6.61. The number of ether oxygens (including phenoxy) is 2. The maximum absolute atomic E-state index is 5.94. The Morgan fingerprint density at radius 1 is 1.42 bits per heavy atom. The highest BCUT2D eigenvalue weighted by Gasteiger charge is 2.21. The number of hydrogen-bond acceptors (Lipinski definition) is 3. The number of rotatable bonds is 9. The first-order valence-corrected chi connectivity index (χ1v) is 8.81. The van der Waals surface area contributed by atoms with Crippen molar-refractivity contribution < 1.29 is 9.47 Å². The van der Waals surface area contributed by atoms with Gasteiger partial charge in [0.15, 0.2) is 5.96 Å². The maximum Gasteiger partial charge on any atom is 0.193 e. The molecular formula is C19H31N3O2. The molecule has 134 valence electrons. The van der Waals surface area contributed by atoms with Crippen molar-refractivity contribution >= 4 is 5.96 Å². The van der Waals surface area contributed by atoms with Gasteiger partial charge in [0.1, 0.15) is 11.9 Å². The summed E-state index contributed by atoms with van der Waals surface area (Å²) in [6, 6.07) is 8.12. The number of likely N-dealkylation sites (N-methyl/N-ethyl adjacent to an activating group) is 1. The van der Waals surface area contributed by atoms with Gasteiger partial charge in [-0.1, -0.05) is 12.1 Å². The van der Waals surface area contributed by atoms with Crippen LogP contribution in [0, 0.1) is 12.8 Å². The van der Waals surface area contributed by atoms with Crippen LogP contribution >= 0.6 is 0 Å². The molecule has 1 unspecified atom stereocenters. The summed E-state index contributed by atoms with van der Waals surface area (Å²) in [5.74, 6) is 2.58. The molecule has 1 aliphatic carbocycles. The minimum Gasteiger partial charge on any atom is -0.489 e. The molecule has 0 heterocycles.